The van der Waals surface area contributed by atoms with Crippen LogP contribution in [0.3, 0.4) is 0 Å². The summed E-state index contributed by atoms with van der Waals surface area (Å²) >= 11 is 0. The van der Waals surface area contributed by atoms with Gasteiger partial charge in [0.2, 0.25) is 0 Å². The van der Waals surface area contributed by atoms with Crippen LogP contribution in [-0.2, 0) is 4.79 Å². The topological polar surface area (TPSA) is 41.3 Å². The van der Waals surface area contributed by atoms with Gasteiger partial charge >= 0.3 is 11.8 Å². The SMILES string of the molecule is CCCCCN1C(=O)C(CC)C(=O)[n+]2ccccc21. The standard InChI is InChI=1S/C15H21N2O2/c1-3-5-7-10-16-13-9-6-8-11-17(13)15(19)12(4-2)14(16)18/h6,8-9,11-12H,3-5,7,10H2,1-2H3/q+1. The summed E-state index contributed by atoms with van der Waals surface area (Å²) in [4.78, 5) is 26.4. The van der Waals surface area contributed by atoms with Crippen molar-refractivity contribution < 1.29 is 14.2 Å². The van der Waals surface area contributed by atoms with Crippen molar-refractivity contribution in [2.75, 3.05) is 11.4 Å². The van der Waals surface area contributed by atoms with Gasteiger partial charge < -0.3 is 0 Å². The predicted molar refractivity (Wildman–Crippen MR) is 72.9 cm³/mol. The van der Waals surface area contributed by atoms with Gasteiger partial charge in [0.05, 0.1) is 12.7 Å². The van der Waals surface area contributed by atoms with E-state index in [1.807, 2.05) is 25.1 Å². The van der Waals surface area contributed by atoms with E-state index in [9.17, 15) is 9.59 Å². The first kappa shape index (κ1) is 13.7. The van der Waals surface area contributed by atoms with Crippen LogP contribution in [0.2, 0.25) is 0 Å². The molecule has 0 saturated carbocycles. The maximum atomic E-state index is 12.4. The van der Waals surface area contributed by atoms with Gasteiger partial charge in [0.15, 0.2) is 5.92 Å². The number of nitrogens with zero attached hydrogens (tertiary/aromatic N) is 2. The molecule has 1 unspecified atom stereocenters. The Morgan fingerprint density at radius 2 is 2.00 bits per heavy atom. The van der Waals surface area contributed by atoms with Gasteiger partial charge in [-0.3, -0.25) is 0 Å². The van der Waals surface area contributed by atoms with E-state index in [1.165, 1.54) is 0 Å². The molecule has 2 rings (SSSR count). The Morgan fingerprint density at radius 1 is 1.21 bits per heavy atom. The van der Waals surface area contributed by atoms with Gasteiger partial charge in [0.1, 0.15) is 0 Å². The van der Waals surface area contributed by atoms with E-state index < -0.39 is 5.92 Å². The molecule has 0 aromatic carbocycles. The monoisotopic (exact) mass is 261 g/mol. The first-order valence-corrected chi connectivity index (χ1v) is 7.07. The van der Waals surface area contributed by atoms with E-state index in [0.29, 0.717) is 18.8 Å². The number of hydrogen-bond donors (Lipinski definition) is 0. The molecular formula is C15H21N2O2+. The highest BCUT2D eigenvalue weighted by Gasteiger charge is 2.44. The van der Waals surface area contributed by atoms with Crippen LogP contribution in [0.5, 0.6) is 0 Å². The Hall–Kier alpha value is -1.71. The highest BCUT2D eigenvalue weighted by Crippen LogP contribution is 2.21. The maximum Gasteiger partial charge on any atom is 0.329 e. The van der Waals surface area contributed by atoms with Gasteiger partial charge in [0, 0.05) is 6.07 Å². The molecule has 0 aliphatic carbocycles. The normalized spacial score (nSPS) is 18.6. The predicted octanol–water partition coefficient (Wildman–Crippen LogP) is 2.18. The van der Waals surface area contributed by atoms with Crippen LogP contribution >= 0.6 is 0 Å². The minimum atomic E-state index is -0.526. The van der Waals surface area contributed by atoms with Gasteiger partial charge in [-0.05, 0) is 25.3 Å². The molecule has 0 saturated heterocycles. The Bertz CT molecular complexity index is 485. The highest BCUT2D eigenvalue weighted by atomic mass is 16.2. The molecular weight excluding hydrogens is 240 g/mol. The fourth-order valence-corrected chi connectivity index (χ4v) is 2.51. The fourth-order valence-electron chi connectivity index (χ4n) is 2.51. The molecule has 1 aromatic heterocycles. The van der Waals surface area contributed by atoms with E-state index in [1.54, 1.807) is 15.7 Å². The number of amides is 1. The lowest BCUT2D eigenvalue weighted by Gasteiger charge is -2.25. The number of fused-ring (bicyclic) bond motifs is 1. The Kier molecular flexibility index (Phi) is 4.30. The lowest BCUT2D eigenvalue weighted by Crippen LogP contribution is -2.61. The van der Waals surface area contributed by atoms with Gasteiger partial charge in [0.25, 0.3) is 5.82 Å². The number of carbonyl (C=O) groups is 2. The zero-order chi connectivity index (χ0) is 13.8. The minimum absolute atomic E-state index is 0.0465. The van der Waals surface area contributed by atoms with Crippen molar-refractivity contribution in [3.8, 4) is 0 Å². The van der Waals surface area contributed by atoms with Crippen LogP contribution in [0.1, 0.15) is 44.3 Å². The molecule has 0 bridgehead atoms. The van der Waals surface area contributed by atoms with E-state index in [2.05, 4.69) is 6.92 Å². The van der Waals surface area contributed by atoms with Gasteiger partial charge in [-0.15, -0.1) is 0 Å². The molecule has 1 aliphatic heterocycles. The lowest BCUT2D eigenvalue weighted by atomic mass is 10.0. The third kappa shape index (κ3) is 2.53. The first-order valence-electron chi connectivity index (χ1n) is 7.07. The summed E-state index contributed by atoms with van der Waals surface area (Å²) in [5.74, 6) is 0.0319. The number of aromatic nitrogens is 1. The Balaban J connectivity index is 2.33. The molecule has 1 aliphatic rings. The van der Waals surface area contributed by atoms with Crippen molar-refractivity contribution in [1.29, 1.82) is 0 Å². The minimum Gasteiger partial charge on any atom is -0.246 e. The van der Waals surface area contributed by atoms with Crippen LogP contribution in [0.15, 0.2) is 24.4 Å². The number of pyridine rings is 1. The largest absolute Gasteiger partial charge is 0.329 e. The molecule has 0 fully saturated rings. The number of unbranched alkanes of at least 4 members (excludes halogenated alkanes) is 2. The zero-order valence-corrected chi connectivity index (χ0v) is 11.6. The van der Waals surface area contributed by atoms with Gasteiger partial charge in [-0.25, -0.2) is 9.59 Å². The molecule has 102 valence electrons. The van der Waals surface area contributed by atoms with E-state index in [4.69, 9.17) is 0 Å². The van der Waals surface area contributed by atoms with Crippen LogP contribution in [0.4, 0.5) is 5.82 Å². The smallest absolute Gasteiger partial charge is 0.246 e. The molecule has 2 heterocycles. The van der Waals surface area contributed by atoms with Crippen molar-refractivity contribution in [3.05, 3.63) is 24.4 Å². The average molecular weight is 261 g/mol. The summed E-state index contributed by atoms with van der Waals surface area (Å²) in [5, 5.41) is 0. The van der Waals surface area contributed by atoms with Crippen molar-refractivity contribution >= 4 is 17.6 Å². The second-order valence-corrected chi connectivity index (χ2v) is 4.92. The van der Waals surface area contributed by atoms with Crippen molar-refractivity contribution in [1.82, 2.24) is 0 Å². The third-order valence-corrected chi connectivity index (χ3v) is 3.61. The Morgan fingerprint density at radius 3 is 2.68 bits per heavy atom. The van der Waals surface area contributed by atoms with E-state index in [0.717, 1.165) is 19.3 Å². The third-order valence-electron chi connectivity index (χ3n) is 3.61. The van der Waals surface area contributed by atoms with Gasteiger partial charge in [-0.1, -0.05) is 26.3 Å². The number of hydrogen-bond acceptors (Lipinski definition) is 2. The molecule has 1 amide bonds. The van der Waals surface area contributed by atoms with Crippen LogP contribution < -0.4 is 9.47 Å². The van der Waals surface area contributed by atoms with E-state index in [-0.39, 0.29) is 11.8 Å². The molecule has 4 nitrogen and oxygen atoms in total. The summed E-state index contributed by atoms with van der Waals surface area (Å²) in [5.41, 5.74) is 0. The van der Waals surface area contributed by atoms with Crippen molar-refractivity contribution in [2.45, 2.75) is 39.5 Å². The summed E-state index contributed by atoms with van der Waals surface area (Å²) in [7, 11) is 0. The van der Waals surface area contributed by atoms with Gasteiger partial charge in [-0.2, -0.15) is 9.47 Å². The molecule has 0 N–H and O–H groups in total. The molecule has 0 spiro atoms. The molecule has 4 heteroatoms. The van der Waals surface area contributed by atoms with Crippen molar-refractivity contribution in [3.63, 3.8) is 0 Å². The molecule has 1 atom stereocenters. The summed E-state index contributed by atoms with van der Waals surface area (Å²) < 4.78 is 1.61. The zero-order valence-electron chi connectivity index (χ0n) is 11.6. The summed E-state index contributed by atoms with van der Waals surface area (Å²) in [6, 6.07) is 5.53. The lowest BCUT2D eigenvalue weighted by molar-refractivity contribution is -0.565. The Labute approximate surface area is 114 Å². The average Bonchev–Trinajstić information content (AvgIpc) is 2.43. The fraction of sp³-hybridized carbons (Fsp3) is 0.533. The number of anilines is 1. The van der Waals surface area contributed by atoms with Crippen LogP contribution in [0, 0.1) is 5.92 Å². The quantitative estimate of drug-likeness (QED) is 0.463. The maximum absolute atomic E-state index is 12.4. The van der Waals surface area contributed by atoms with Crippen molar-refractivity contribution in [2.24, 2.45) is 5.92 Å². The molecule has 0 radical (unpaired) electrons. The summed E-state index contributed by atoms with van der Waals surface area (Å²) in [6.07, 6.45) is 5.50. The van der Waals surface area contributed by atoms with E-state index >= 15 is 0 Å². The number of carbonyl (C=O) groups excluding carboxylic acids is 2. The molecule has 19 heavy (non-hydrogen) atoms. The highest BCUT2D eigenvalue weighted by molar-refractivity contribution is 6.07. The first-order chi connectivity index (χ1) is 9.20. The van der Waals surface area contributed by atoms with Crippen LogP contribution in [0.25, 0.3) is 0 Å². The summed E-state index contributed by atoms with van der Waals surface area (Å²) in [6.45, 7) is 4.72. The molecule has 1 aromatic rings. The second kappa shape index (κ2) is 5.95. The second-order valence-electron chi connectivity index (χ2n) is 4.92. The number of rotatable bonds is 5. The van der Waals surface area contributed by atoms with Crippen LogP contribution in [-0.4, -0.2) is 18.4 Å².